The van der Waals surface area contributed by atoms with Crippen molar-refractivity contribution in [3.8, 4) is 5.69 Å². The number of rotatable bonds is 8. The SMILES string of the molecule is CS(=O)(=O)N1CCC(CNC(=O)c2ccccc2SCc2nnnn2-c2ccccc2)CC1. The van der Waals surface area contributed by atoms with E-state index in [4.69, 9.17) is 0 Å². The average Bonchev–Trinajstić information content (AvgIpc) is 3.30. The van der Waals surface area contributed by atoms with Crippen LogP contribution in [0.25, 0.3) is 5.69 Å². The van der Waals surface area contributed by atoms with E-state index in [1.54, 1.807) is 4.68 Å². The fraction of sp³-hybridized carbons (Fsp3) is 0.364. The van der Waals surface area contributed by atoms with Crippen LogP contribution in [0.4, 0.5) is 0 Å². The van der Waals surface area contributed by atoms with Gasteiger partial charge in [-0.05, 0) is 53.5 Å². The Kier molecular flexibility index (Phi) is 7.41. The predicted molar refractivity (Wildman–Crippen MR) is 127 cm³/mol. The van der Waals surface area contributed by atoms with E-state index in [1.165, 1.54) is 22.3 Å². The van der Waals surface area contributed by atoms with Gasteiger partial charge >= 0.3 is 0 Å². The van der Waals surface area contributed by atoms with Gasteiger partial charge in [0.15, 0.2) is 5.82 Å². The van der Waals surface area contributed by atoms with Crippen molar-refractivity contribution in [2.75, 3.05) is 25.9 Å². The minimum atomic E-state index is -3.15. The van der Waals surface area contributed by atoms with Crippen LogP contribution < -0.4 is 5.32 Å². The second kappa shape index (κ2) is 10.4. The lowest BCUT2D eigenvalue weighted by molar-refractivity contribution is 0.0938. The number of sulfonamides is 1. The number of hydrogen-bond acceptors (Lipinski definition) is 7. The van der Waals surface area contributed by atoms with Crippen molar-refractivity contribution in [1.29, 1.82) is 0 Å². The van der Waals surface area contributed by atoms with Crippen LogP contribution in [-0.2, 0) is 15.8 Å². The molecule has 2 heterocycles. The fourth-order valence-electron chi connectivity index (χ4n) is 3.77. The minimum absolute atomic E-state index is 0.133. The lowest BCUT2D eigenvalue weighted by atomic mass is 9.98. The first-order valence-corrected chi connectivity index (χ1v) is 13.5. The molecular formula is C22H26N6O3S2. The maximum absolute atomic E-state index is 12.9. The molecule has 0 bridgehead atoms. The molecule has 1 fully saturated rings. The summed E-state index contributed by atoms with van der Waals surface area (Å²) in [7, 11) is -3.15. The van der Waals surface area contributed by atoms with Crippen molar-refractivity contribution < 1.29 is 13.2 Å². The van der Waals surface area contributed by atoms with Crippen molar-refractivity contribution in [3.05, 3.63) is 66.0 Å². The second-order valence-electron chi connectivity index (χ2n) is 7.94. The third kappa shape index (κ3) is 5.98. The highest BCUT2D eigenvalue weighted by Crippen LogP contribution is 2.26. The Hall–Kier alpha value is -2.76. The standard InChI is InChI=1S/C22H26N6O3S2/c1-33(30,31)27-13-11-17(12-14-27)15-23-22(29)19-9-5-6-10-20(19)32-16-21-24-25-26-28(21)18-7-3-2-4-8-18/h2-10,17H,11-16H2,1H3,(H,23,29). The van der Waals surface area contributed by atoms with Crippen molar-refractivity contribution in [3.63, 3.8) is 0 Å². The fourth-order valence-corrected chi connectivity index (χ4v) is 5.59. The molecular weight excluding hydrogens is 460 g/mol. The summed E-state index contributed by atoms with van der Waals surface area (Å²) in [5.41, 5.74) is 1.49. The van der Waals surface area contributed by atoms with Crippen molar-refractivity contribution >= 4 is 27.7 Å². The molecule has 1 amide bonds. The summed E-state index contributed by atoms with van der Waals surface area (Å²) < 4.78 is 26.5. The number of nitrogens with zero attached hydrogens (tertiary/aromatic N) is 5. The Morgan fingerprint density at radius 1 is 1.09 bits per heavy atom. The summed E-state index contributed by atoms with van der Waals surface area (Å²) in [5, 5.41) is 15.0. The van der Waals surface area contributed by atoms with Gasteiger partial charge in [-0.15, -0.1) is 16.9 Å². The van der Waals surface area contributed by atoms with E-state index in [1.807, 2.05) is 54.6 Å². The van der Waals surface area contributed by atoms with E-state index in [0.29, 0.717) is 36.8 Å². The molecule has 33 heavy (non-hydrogen) atoms. The van der Waals surface area contributed by atoms with Gasteiger partial charge in [-0.25, -0.2) is 12.7 Å². The molecule has 0 unspecified atom stereocenters. The smallest absolute Gasteiger partial charge is 0.252 e. The summed E-state index contributed by atoms with van der Waals surface area (Å²) in [6.07, 6.45) is 2.72. The maximum Gasteiger partial charge on any atom is 0.252 e. The average molecular weight is 487 g/mol. The van der Waals surface area contributed by atoms with Crippen LogP contribution in [-0.4, -0.2) is 64.7 Å². The number of amides is 1. The number of tetrazole rings is 1. The largest absolute Gasteiger partial charge is 0.352 e. The van der Waals surface area contributed by atoms with Gasteiger partial charge in [-0.1, -0.05) is 30.3 Å². The van der Waals surface area contributed by atoms with E-state index < -0.39 is 10.0 Å². The van der Waals surface area contributed by atoms with E-state index in [2.05, 4.69) is 20.8 Å². The third-order valence-electron chi connectivity index (χ3n) is 5.62. The van der Waals surface area contributed by atoms with Crippen molar-refractivity contribution in [1.82, 2.24) is 29.8 Å². The van der Waals surface area contributed by atoms with Gasteiger partial charge < -0.3 is 5.32 Å². The van der Waals surface area contributed by atoms with Gasteiger partial charge in [0, 0.05) is 24.5 Å². The molecule has 174 valence electrons. The molecule has 0 aliphatic carbocycles. The molecule has 3 aromatic rings. The number of carbonyl (C=O) groups is 1. The van der Waals surface area contributed by atoms with Gasteiger partial charge in [-0.2, -0.15) is 4.68 Å². The highest BCUT2D eigenvalue weighted by atomic mass is 32.2. The van der Waals surface area contributed by atoms with Crippen molar-refractivity contribution in [2.24, 2.45) is 5.92 Å². The second-order valence-corrected chi connectivity index (χ2v) is 10.9. The summed E-state index contributed by atoms with van der Waals surface area (Å²) in [6.45, 7) is 1.53. The number of aromatic nitrogens is 4. The van der Waals surface area contributed by atoms with Crippen LogP contribution in [0.2, 0.25) is 0 Å². The van der Waals surface area contributed by atoms with Crippen LogP contribution in [0.15, 0.2) is 59.5 Å². The topological polar surface area (TPSA) is 110 Å². The van der Waals surface area contributed by atoms with E-state index in [-0.39, 0.29) is 11.8 Å². The first-order valence-electron chi connectivity index (χ1n) is 10.7. The van der Waals surface area contributed by atoms with Crippen LogP contribution in [0.5, 0.6) is 0 Å². The molecule has 11 heteroatoms. The lowest BCUT2D eigenvalue weighted by Gasteiger charge is -2.30. The molecule has 1 aromatic heterocycles. The summed E-state index contributed by atoms with van der Waals surface area (Å²) in [5.74, 6) is 1.34. The van der Waals surface area contributed by atoms with Gasteiger partial charge in [0.05, 0.1) is 23.3 Å². The Morgan fingerprint density at radius 3 is 2.52 bits per heavy atom. The molecule has 1 aliphatic rings. The number of nitrogens with one attached hydrogen (secondary N) is 1. The summed E-state index contributed by atoms with van der Waals surface area (Å²) in [6, 6.07) is 17.1. The molecule has 0 spiro atoms. The van der Waals surface area contributed by atoms with Gasteiger partial charge in [0.25, 0.3) is 5.91 Å². The number of thioether (sulfide) groups is 1. The van der Waals surface area contributed by atoms with Crippen LogP contribution in [0, 0.1) is 5.92 Å². The van der Waals surface area contributed by atoms with Crippen LogP contribution >= 0.6 is 11.8 Å². The van der Waals surface area contributed by atoms with Gasteiger partial charge in [0.1, 0.15) is 0 Å². The van der Waals surface area contributed by atoms with Crippen LogP contribution in [0.3, 0.4) is 0 Å². The molecule has 0 atom stereocenters. The minimum Gasteiger partial charge on any atom is -0.352 e. The Bertz CT molecular complexity index is 1190. The molecule has 0 saturated carbocycles. The molecule has 1 N–H and O–H groups in total. The molecule has 1 aliphatic heterocycles. The number of benzene rings is 2. The maximum atomic E-state index is 12.9. The van der Waals surface area contributed by atoms with E-state index in [9.17, 15) is 13.2 Å². The quantitative estimate of drug-likeness (QED) is 0.487. The molecule has 4 rings (SSSR count). The zero-order chi connectivity index (χ0) is 23.3. The highest BCUT2D eigenvalue weighted by Gasteiger charge is 2.25. The van der Waals surface area contributed by atoms with Gasteiger partial charge in [0.2, 0.25) is 10.0 Å². The Morgan fingerprint density at radius 2 is 1.79 bits per heavy atom. The zero-order valence-corrected chi connectivity index (χ0v) is 19.9. The van der Waals surface area contributed by atoms with Crippen molar-refractivity contribution in [2.45, 2.75) is 23.5 Å². The monoisotopic (exact) mass is 486 g/mol. The van der Waals surface area contributed by atoms with Gasteiger partial charge in [-0.3, -0.25) is 4.79 Å². The lowest BCUT2D eigenvalue weighted by Crippen LogP contribution is -2.41. The first kappa shape index (κ1) is 23.4. The Labute approximate surface area is 197 Å². The zero-order valence-electron chi connectivity index (χ0n) is 18.3. The predicted octanol–water partition coefficient (Wildman–Crippen LogP) is 2.36. The molecule has 9 nitrogen and oxygen atoms in total. The number of para-hydroxylation sites is 1. The van der Waals surface area contributed by atoms with Crippen LogP contribution in [0.1, 0.15) is 29.0 Å². The molecule has 2 aromatic carbocycles. The number of piperidine rings is 1. The Balaban J connectivity index is 1.35. The van der Waals surface area contributed by atoms with E-state index in [0.717, 1.165) is 23.4 Å². The number of hydrogen-bond donors (Lipinski definition) is 1. The summed E-state index contributed by atoms with van der Waals surface area (Å²) in [4.78, 5) is 13.8. The highest BCUT2D eigenvalue weighted by molar-refractivity contribution is 7.98. The number of carbonyl (C=O) groups excluding carboxylic acids is 1. The normalized spacial score (nSPS) is 15.4. The third-order valence-corrected chi connectivity index (χ3v) is 7.99. The molecule has 0 radical (unpaired) electrons. The molecule has 1 saturated heterocycles. The first-order chi connectivity index (χ1) is 15.9. The van der Waals surface area contributed by atoms with E-state index >= 15 is 0 Å². The summed E-state index contributed by atoms with van der Waals surface area (Å²) >= 11 is 1.51.